The molecule has 0 saturated carbocycles. The molecule has 0 radical (unpaired) electrons. The zero-order chi connectivity index (χ0) is 14.4. The summed E-state index contributed by atoms with van der Waals surface area (Å²) < 4.78 is 11.1. The average Bonchev–Trinajstić information content (AvgIpc) is 2.47. The van der Waals surface area contributed by atoms with E-state index in [0.717, 1.165) is 43.0 Å². The minimum absolute atomic E-state index is 0.482. The van der Waals surface area contributed by atoms with Gasteiger partial charge < -0.3 is 19.5 Å². The standard InChI is InChI=1S/C16H25NO3/c1-3-7-17(8-4-2)12-14(18)13-5-6-15-16(11-13)20-10-9-19-15/h5-6,11,14,18H,3-4,7-10,12H2,1-2H3. The van der Waals surface area contributed by atoms with Crippen LogP contribution in [0.1, 0.15) is 38.4 Å². The molecule has 1 aromatic carbocycles. The van der Waals surface area contributed by atoms with Crippen LogP contribution in [-0.2, 0) is 0 Å². The zero-order valence-electron chi connectivity index (χ0n) is 12.5. The first-order valence-electron chi connectivity index (χ1n) is 7.54. The normalized spacial score (nSPS) is 15.4. The molecule has 112 valence electrons. The predicted molar refractivity (Wildman–Crippen MR) is 79.4 cm³/mol. The van der Waals surface area contributed by atoms with E-state index >= 15 is 0 Å². The minimum atomic E-state index is -0.482. The minimum Gasteiger partial charge on any atom is -0.486 e. The largest absolute Gasteiger partial charge is 0.486 e. The van der Waals surface area contributed by atoms with Gasteiger partial charge >= 0.3 is 0 Å². The van der Waals surface area contributed by atoms with Crippen molar-refractivity contribution in [3.8, 4) is 11.5 Å². The molecule has 1 N–H and O–H groups in total. The number of fused-ring (bicyclic) bond motifs is 1. The van der Waals surface area contributed by atoms with Crippen LogP contribution in [0.3, 0.4) is 0 Å². The van der Waals surface area contributed by atoms with E-state index in [2.05, 4.69) is 18.7 Å². The smallest absolute Gasteiger partial charge is 0.161 e. The molecular formula is C16H25NO3. The van der Waals surface area contributed by atoms with Gasteiger partial charge in [0.25, 0.3) is 0 Å². The van der Waals surface area contributed by atoms with Gasteiger partial charge in [0.05, 0.1) is 6.10 Å². The molecule has 2 rings (SSSR count). The summed E-state index contributed by atoms with van der Waals surface area (Å²) in [7, 11) is 0. The Bertz CT molecular complexity index is 416. The van der Waals surface area contributed by atoms with Crippen LogP contribution in [0.25, 0.3) is 0 Å². The van der Waals surface area contributed by atoms with Crippen LogP contribution in [0, 0.1) is 0 Å². The van der Waals surface area contributed by atoms with Crippen molar-refractivity contribution in [3.63, 3.8) is 0 Å². The average molecular weight is 279 g/mol. The summed E-state index contributed by atoms with van der Waals surface area (Å²) >= 11 is 0. The molecule has 0 aromatic heterocycles. The number of rotatable bonds is 7. The second-order valence-corrected chi connectivity index (χ2v) is 5.22. The van der Waals surface area contributed by atoms with Crippen molar-refractivity contribution >= 4 is 0 Å². The third-order valence-corrected chi connectivity index (χ3v) is 3.46. The molecule has 20 heavy (non-hydrogen) atoms. The second-order valence-electron chi connectivity index (χ2n) is 5.22. The lowest BCUT2D eigenvalue weighted by molar-refractivity contribution is 0.112. The molecular weight excluding hydrogens is 254 g/mol. The van der Waals surface area contributed by atoms with Crippen LogP contribution >= 0.6 is 0 Å². The van der Waals surface area contributed by atoms with Crippen molar-refractivity contribution in [1.29, 1.82) is 0 Å². The Morgan fingerprint density at radius 3 is 2.40 bits per heavy atom. The molecule has 0 spiro atoms. The van der Waals surface area contributed by atoms with Crippen LogP contribution in [0.15, 0.2) is 18.2 Å². The van der Waals surface area contributed by atoms with E-state index in [1.54, 1.807) is 0 Å². The highest BCUT2D eigenvalue weighted by atomic mass is 16.6. The van der Waals surface area contributed by atoms with Gasteiger partial charge in [-0.2, -0.15) is 0 Å². The maximum Gasteiger partial charge on any atom is 0.161 e. The Morgan fingerprint density at radius 2 is 1.75 bits per heavy atom. The lowest BCUT2D eigenvalue weighted by Crippen LogP contribution is -2.30. The van der Waals surface area contributed by atoms with E-state index in [0.29, 0.717) is 19.8 Å². The molecule has 4 nitrogen and oxygen atoms in total. The van der Waals surface area contributed by atoms with Crippen LogP contribution in [-0.4, -0.2) is 42.9 Å². The van der Waals surface area contributed by atoms with Crippen molar-refractivity contribution in [3.05, 3.63) is 23.8 Å². The summed E-state index contributed by atoms with van der Waals surface area (Å²) in [4.78, 5) is 2.31. The molecule has 0 saturated heterocycles. The Kier molecular flexibility index (Phi) is 5.68. The molecule has 1 unspecified atom stereocenters. The Balaban J connectivity index is 2.02. The molecule has 4 heteroatoms. The quantitative estimate of drug-likeness (QED) is 0.833. The molecule has 1 atom stereocenters. The summed E-state index contributed by atoms with van der Waals surface area (Å²) in [6.07, 6.45) is 1.73. The SMILES string of the molecule is CCCN(CCC)CC(O)c1ccc2c(c1)OCCO2. The van der Waals surface area contributed by atoms with E-state index in [-0.39, 0.29) is 0 Å². The van der Waals surface area contributed by atoms with Gasteiger partial charge in [-0.3, -0.25) is 0 Å². The first kappa shape index (κ1) is 15.1. The molecule has 0 bridgehead atoms. The fraction of sp³-hybridized carbons (Fsp3) is 0.625. The predicted octanol–water partition coefficient (Wildman–Crippen LogP) is 2.61. The summed E-state index contributed by atoms with van der Waals surface area (Å²) in [5.41, 5.74) is 0.895. The molecule has 1 aromatic rings. The van der Waals surface area contributed by atoms with Gasteiger partial charge in [0, 0.05) is 6.54 Å². The third kappa shape index (κ3) is 3.87. The highest BCUT2D eigenvalue weighted by Gasteiger charge is 2.17. The summed E-state index contributed by atoms with van der Waals surface area (Å²) in [6, 6.07) is 5.71. The number of aliphatic hydroxyl groups excluding tert-OH is 1. The van der Waals surface area contributed by atoms with E-state index in [1.165, 1.54) is 0 Å². The zero-order valence-corrected chi connectivity index (χ0v) is 12.5. The Hall–Kier alpha value is -1.26. The topological polar surface area (TPSA) is 41.9 Å². The fourth-order valence-corrected chi connectivity index (χ4v) is 2.54. The van der Waals surface area contributed by atoms with Crippen molar-refractivity contribution in [1.82, 2.24) is 4.90 Å². The van der Waals surface area contributed by atoms with Crippen LogP contribution in [0.4, 0.5) is 0 Å². The van der Waals surface area contributed by atoms with E-state index in [1.807, 2.05) is 18.2 Å². The molecule has 0 aliphatic carbocycles. The number of benzene rings is 1. The second kappa shape index (κ2) is 7.50. The number of hydrogen-bond donors (Lipinski definition) is 1. The van der Waals surface area contributed by atoms with Gasteiger partial charge in [0.1, 0.15) is 13.2 Å². The molecule has 1 heterocycles. The molecule has 0 amide bonds. The molecule has 1 aliphatic heterocycles. The summed E-state index contributed by atoms with van der Waals surface area (Å²) in [6.45, 7) is 8.21. The van der Waals surface area contributed by atoms with Crippen molar-refractivity contribution in [2.75, 3.05) is 32.8 Å². The first-order valence-corrected chi connectivity index (χ1v) is 7.54. The highest BCUT2D eigenvalue weighted by Crippen LogP contribution is 2.32. The van der Waals surface area contributed by atoms with Crippen molar-refractivity contribution in [2.45, 2.75) is 32.8 Å². The van der Waals surface area contributed by atoms with Gasteiger partial charge in [0.15, 0.2) is 11.5 Å². The Labute approximate surface area is 121 Å². The molecule has 1 aliphatic rings. The number of nitrogens with zero attached hydrogens (tertiary/aromatic N) is 1. The van der Waals surface area contributed by atoms with Crippen molar-refractivity contribution < 1.29 is 14.6 Å². The maximum atomic E-state index is 10.4. The van der Waals surface area contributed by atoms with Gasteiger partial charge in [-0.15, -0.1) is 0 Å². The number of hydrogen-bond acceptors (Lipinski definition) is 4. The first-order chi connectivity index (χ1) is 9.74. The van der Waals surface area contributed by atoms with E-state index in [4.69, 9.17) is 9.47 Å². The fourth-order valence-electron chi connectivity index (χ4n) is 2.54. The summed E-state index contributed by atoms with van der Waals surface area (Å²) in [5.74, 6) is 1.51. The van der Waals surface area contributed by atoms with Gasteiger partial charge in [-0.05, 0) is 43.6 Å². The monoisotopic (exact) mass is 279 g/mol. The highest BCUT2D eigenvalue weighted by molar-refractivity contribution is 5.44. The van der Waals surface area contributed by atoms with E-state index < -0.39 is 6.10 Å². The molecule has 0 fully saturated rings. The van der Waals surface area contributed by atoms with Crippen LogP contribution in [0.2, 0.25) is 0 Å². The summed E-state index contributed by atoms with van der Waals surface area (Å²) in [5, 5.41) is 10.4. The van der Waals surface area contributed by atoms with Crippen LogP contribution < -0.4 is 9.47 Å². The van der Waals surface area contributed by atoms with Gasteiger partial charge in [0.2, 0.25) is 0 Å². The van der Waals surface area contributed by atoms with Crippen LogP contribution in [0.5, 0.6) is 11.5 Å². The van der Waals surface area contributed by atoms with Gasteiger partial charge in [-0.25, -0.2) is 0 Å². The number of ether oxygens (including phenoxy) is 2. The van der Waals surface area contributed by atoms with Gasteiger partial charge in [-0.1, -0.05) is 19.9 Å². The lowest BCUT2D eigenvalue weighted by Gasteiger charge is -2.25. The van der Waals surface area contributed by atoms with Crippen molar-refractivity contribution in [2.24, 2.45) is 0 Å². The Morgan fingerprint density at radius 1 is 1.10 bits per heavy atom. The number of aliphatic hydroxyl groups is 1. The maximum absolute atomic E-state index is 10.4. The third-order valence-electron chi connectivity index (χ3n) is 3.46. The van der Waals surface area contributed by atoms with E-state index in [9.17, 15) is 5.11 Å². The lowest BCUT2D eigenvalue weighted by atomic mass is 10.1.